The number of H-pyrrole nitrogens is 1. The molecule has 0 saturated carbocycles. The standard InChI is InChI=1S/C12H21BN2O4/c1-11(2,3)8-6-7-13(17-8)19-12(4,5)9-14-10(16)18-15-9/h8H,6-7H2,1-5H3,(H,14,15,16). The summed E-state index contributed by atoms with van der Waals surface area (Å²) in [5.74, 6) is -0.202. The van der Waals surface area contributed by atoms with Gasteiger partial charge >= 0.3 is 12.9 Å². The highest BCUT2D eigenvalue weighted by molar-refractivity contribution is 6.45. The number of nitrogens with zero attached hydrogens (tertiary/aromatic N) is 1. The van der Waals surface area contributed by atoms with Crippen molar-refractivity contribution in [1.82, 2.24) is 10.1 Å². The lowest BCUT2D eigenvalue weighted by molar-refractivity contribution is 0.0284. The Bertz CT molecular complexity index is 488. The fraction of sp³-hybridized carbons (Fsp3) is 0.833. The molecular weight excluding hydrogens is 247 g/mol. The first kappa shape index (κ1) is 14.3. The summed E-state index contributed by atoms with van der Waals surface area (Å²) in [6.45, 7) is 10.1. The topological polar surface area (TPSA) is 77.3 Å². The summed E-state index contributed by atoms with van der Waals surface area (Å²) in [6.07, 6.45) is 2.00. The molecule has 106 valence electrons. The van der Waals surface area contributed by atoms with Gasteiger partial charge in [0.2, 0.25) is 0 Å². The molecular formula is C12H21BN2O4. The van der Waals surface area contributed by atoms with Gasteiger partial charge in [-0.3, -0.25) is 9.51 Å². The minimum absolute atomic E-state index is 0.102. The maximum Gasteiger partial charge on any atom is 0.457 e. The molecule has 0 spiro atoms. The Labute approximate surface area is 113 Å². The Morgan fingerprint density at radius 3 is 2.53 bits per heavy atom. The normalized spacial score (nSPS) is 21.1. The lowest BCUT2D eigenvalue weighted by Crippen LogP contribution is -2.35. The third-order valence-corrected chi connectivity index (χ3v) is 3.38. The molecule has 1 unspecified atom stereocenters. The lowest BCUT2D eigenvalue weighted by atomic mass is 9.82. The second kappa shape index (κ2) is 4.79. The second-order valence-corrected chi connectivity index (χ2v) is 6.57. The van der Waals surface area contributed by atoms with Gasteiger partial charge in [0, 0.05) is 6.10 Å². The average molecular weight is 268 g/mol. The van der Waals surface area contributed by atoms with E-state index in [9.17, 15) is 4.79 Å². The summed E-state index contributed by atoms with van der Waals surface area (Å²) in [5.41, 5.74) is -0.645. The molecule has 7 heteroatoms. The Morgan fingerprint density at radius 1 is 1.37 bits per heavy atom. The van der Waals surface area contributed by atoms with E-state index in [-0.39, 0.29) is 18.6 Å². The van der Waals surface area contributed by atoms with Gasteiger partial charge in [-0.2, -0.15) is 0 Å². The zero-order valence-corrected chi connectivity index (χ0v) is 12.1. The Hall–Kier alpha value is -1.08. The van der Waals surface area contributed by atoms with E-state index in [0.29, 0.717) is 5.82 Å². The molecule has 1 fully saturated rings. The highest BCUT2D eigenvalue weighted by Gasteiger charge is 2.41. The summed E-state index contributed by atoms with van der Waals surface area (Å²) < 4.78 is 16.3. The SMILES string of the molecule is CC(C)(OB1CCC(C(C)(C)C)O1)c1noc(=O)[nH]1. The van der Waals surface area contributed by atoms with Gasteiger partial charge in [-0.1, -0.05) is 25.9 Å². The van der Waals surface area contributed by atoms with Gasteiger partial charge in [0.1, 0.15) is 5.60 Å². The molecule has 2 heterocycles. The molecule has 0 bridgehead atoms. The molecule has 1 N–H and O–H groups in total. The van der Waals surface area contributed by atoms with Crippen LogP contribution in [0.2, 0.25) is 6.32 Å². The summed E-state index contributed by atoms with van der Waals surface area (Å²) >= 11 is 0. The van der Waals surface area contributed by atoms with Crippen LogP contribution in [0.25, 0.3) is 0 Å². The smallest absolute Gasteiger partial charge is 0.408 e. The van der Waals surface area contributed by atoms with E-state index in [0.717, 1.165) is 12.7 Å². The molecule has 1 saturated heterocycles. The number of aromatic amines is 1. The molecule has 1 aliphatic rings. The third-order valence-electron chi connectivity index (χ3n) is 3.38. The van der Waals surface area contributed by atoms with Crippen LogP contribution < -0.4 is 5.76 Å². The summed E-state index contributed by atoms with van der Waals surface area (Å²) in [4.78, 5) is 13.5. The second-order valence-electron chi connectivity index (χ2n) is 6.57. The lowest BCUT2D eigenvalue weighted by Gasteiger charge is -2.29. The maximum atomic E-state index is 11.0. The zero-order valence-electron chi connectivity index (χ0n) is 12.1. The minimum Gasteiger partial charge on any atom is -0.408 e. The van der Waals surface area contributed by atoms with E-state index in [4.69, 9.17) is 9.31 Å². The van der Waals surface area contributed by atoms with Crippen LogP contribution in [0.5, 0.6) is 0 Å². The molecule has 0 aliphatic carbocycles. The first-order valence-corrected chi connectivity index (χ1v) is 6.58. The summed E-state index contributed by atoms with van der Waals surface area (Å²) in [6, 6.07) is 0. The monoisotopic (exact) mass is 268 g/mol. The van der Waals surface area contributed by atoms with E-state index in [1.807, 2.05) is 13.8 Å². The molecule has 2 rings (SSSR count). The van der Waals surface area contributed by atoms with Gasteiger partial charge in [0.15, 0.2) is 5.82 Å². The van der Waals surface area contributed by atoms with Gasteiger partial charge in [0.05, 0.1) is 0 Å². The molecule has 0 radical (unpaired) electrons. The van der Waals surface area contributed by atoms with Gasteiger partial charge < -0.3 is 9.31 Å². The van der Waals surface area contributed by atoms with Crippen molar-refractivity contribution in [2.45, 2.75) is 59.1 Å². The van der Waals surface area contributed by atoms with E-state index in [1.165, 1.54) is 0 Å². The highest BCUT2D eigenvalue weighted by Crippen LogP contribution is 2.35. The highest BCUT2D eigenvalue weighted by atomic mass is 16.6. The summed E-state index contributed by atoms with van der Waals surface area (Å²) in [7, 11) is -0.278. The Kier molecular flexibility index (Phi) is 3.62. The molecule has 0 amide bonds. The first-order chi connectivity index (χ1) is 8.68. The Balaban J connectivity index is 2.00. The number of hydrogen-bond donors (Lipinski definition) is 1. The molecule has 0 aromatic carbocycles. The molecule has 1 aromatic rings. The fourth-order valence-corrected chi connectivity index (χ4v) is 2.20. The van der Waals surface area contributed by atoms with Crippen LogP contribution in [0.1, 0.15) is 46.9 Å². The minimum atomic E-state index is -0.746. The van der Waals surface area contributed by atoms with Crippen LogP contribution in [0.3, 0.4) is 0 Å². The molecule has 19 heavy (non-hydrogen) atoms. The van der Waals surface area contributed by atoms with Crippen molar-refractivity contribution in [3.8, 4) is 0 Å². The van der Waals surface area contributed by atoms with E-state index in [2.05, 4.69) is 35.4 Å². The van der Waals surface area contributed by atoms with Crippen molar-refractivity contribution >= 4 is 7.12 Å². The van der Waals surface area contributed by atoms with E-state index < -0.39 is 11.4 Å². The largest absolute Gasteiger partial charge is 0.457 e. The molecule has 1 atom stereocenters. The number of rotatable bonds is 3. The van der Waals surface area contributed by atoms with Crippen LogP contribution in [-0.2, 0) is 14.9 Å². The quantitative estimate of drug-likeness (QED) is 0.847. The van der Waals surface area contributed by atoms with Crippen molar-refractivity contribution in [2.75, 3.05) is 0 Å². The van der Waals surface area contributed by atoms with Crippen molar-refractivity contribution in [1.29, 1.82) is 0 Å². The predicted molar refractivity (Wildman–Crippen MR) is 70.7 cm³/mol. The van der Waals surface area contributed by atoms with Crippen molar-refractivity contribution < 1.29 is 13.8 Å². The van der Waals surface area contributed by atoms with Crippen LogP contribution >= 0.6 is 0 Å². The third kappa shape index (κ3) is 3.28. The van der Waals surface area contributed by atoms with Gasteiger partial charge in [-0.25, -0.2) is 4.79 Å². The average Bonchev–Trinajstić information content (AvgIpc) is 2.85. The van der Waals surface area contributed by atoms with Gasteiger partial charge in [-0.15, -0.1) is 0 Å². The van der Waals surface area contributed by atoms with Crippen LogP contribution in [0.4, 0.5) is 0 Å². The fourth-order valence-electron chi connectivity index (χ4n) is 2.20. The molecule has 1 aromatic heterocycles. The van der Waals surface area contributed by atoms with Crippen LogP contribution in [0.15, 0.2) is 9.32 Å². The van der Waals surface area contributed by atoms with Crippen molar-refractivity contribution in [3.05, 3.63) is 16.4 Å². The van der Waals surface area contributed by atoms with Crippen LogP contribution in [-0.4, -0.2) is 23.4 Å². The number of nitrogens with one attached hydrogen (secondary N) is 1. The van der Waals surface area contributed by atoms with E-state index in [1.54, 1.807) is 0 Å². The van der Waals surface area contributed by atoms with Crippen LogP contribution in [0, 0.1) is 5.41 Å². The number of aromatic nitrogens is 2. The summed E-state index contributed by atoms with van der Waals surface area (Å²) in [5, 5.41) is 3.67. The maximum absolute atomic E-state index is 11.0. The van der Waals surface area contributed by atoms with Crippen molar-refractivity contribution in [3.63, 3.8) is 0 Å². The van der Waals surface area contributed by atoms with Gasteiger partial charge in [0.25, 0.3) is 0 Å². The van der Waals surface area contributed by atoms with E-state index >= 15 is 0 Å². The molecule has 6 nitrogen and oxygen atoms in total. The van der Waals surface area contributed by atoms with Gasteiger partial charge in [-0.05, 0) is 32.0 Å². The zero-order chi connectivity index (χ0) is 14.3. The predicted octanol–water partition coefficient (Wildman–Crippen LogP) is 1.94. The number of hydrogen-bond acceptors (Lipinski definition) is 5. The Morgan fingerprint density at radius 2 is 2.05 bits per heavy atom. The first-order valence-electron chi connectivity index (χ1n) is 6.58. The van der Waals surface area contributed by atoms with Crippen molar-refractivity contribution in [2.24, 2.45) is 5.41 Å². The molecule has 1 aliphatic heterocycles.